The molecule has 0 saturated carbocycles. The number of aromatic amines is 1. The number of esters is 1. The molecule has 2 N–H and O–H groups in total. The first-order valence-corrected chi connectivity index (χ1v) is 12.2. The van der Waals surface area contributed by atoms with Gasteiger partial charge in [0.05, 0.1) is 29.9 Å². The van der Waals surface area contributed by atoms with Crippen LogP contribution in [0, 0.1) is 19.3 Å². The van der Waals surface area contributed by atoms with Gasteiger partial charge in [-0.2, -0.15) is 0 Å². The molecule has 192 valence electrons. The van der Waals surface area contributed by atoms with Gasteiger partial charge in [0.15, 0.2) is 0 Å². The van der Waals surface area contributed by atoms with Crippen molar-refractivity contribution in [3.8, 4) is 5.75 Å². The zero-order valence-corrected chi connectivity index (χ0v) is 22.2. The summed E-state index contributed by atoms with van der Waals surface area (Å²) >= 11 is 0. The molecule has 0 fully saturated rings. The Morgan fingerprint density at radius 2 is 1.81 bits per heavy atom. The normalized spacial score (nSPS) is 11.3. The van der Waals surface area contributed by atoms with Crippen LogP contribution in [0.25, 0.3) is 10.9 Å². The van der Waals surface area contributed by atoms with E-state index in [1.54, 1.807) is 0 Å². The topological polar surface area (TPSA) is 83.7 Å². The summed E-state index contributed by atoms with van der Waals surface area (Å²) in [7, 11) is 0. The number of hydrogen-bond donors (Lipinski definition) is 2. The number of nitrogens with one attached hydrogen (secondary N) is 2. The summed E-state index contributed by atoms with van der Waals surface area (Å²) in [5.74, 6) is 1.10. The molecular weight excluding hydrogens is 454 g/mol. The van der Waals surface area contributed by atoms with E-state index in [-0.39, 0.29) is 18.1 Å². The lowest BCUT2D eigenvalue weighted by Gasteiger charge is -2.28. The van der Waals surface area contributed by atoms with E-state index in [4.69, 9.17) is 9.47 Å². The van der Waals surface area contributed by atoms with Gasteiger partial charge in [0.25, 0.3) is 5.56 Å². The van der Waals surface area contributed by atoms with Crippen LogP contribution in [0.5, 0.6) is 5.75 Å². The van der Waals surface area contributed by atoms with Crippen LogP contribution in [0.3, 0.4) is 0 Å². The van der Waals surface area contributed by atoms with Crippen LogP contribution < -0.4 is 15.6 Å². The molecule has 0 aliphatic heterocycles. The van der Waals surface area contributed by atoms with Crippen LogP contribution in [-0.2, 0) is 16.1 Å². The van der Waals surface area contributed by atoms with Gasteiger partial charge in [-0.15, -0.1) is 0 Å². The number of benzene rings is 2. The minimum absolute atomic E-state index is 0.153. The predicted octanol–water partition coefficient (Wildman–Crippen LogP) is 5.52. The summed E-state index contributed by atoms with van der Waals surface area (Å²) in [6, 6.07) is 13.6. The van der Waals surface area contributed by atoms with Crippen LogP contribution in [0.15, 0.2) is 59.7 Å². The average molecular weight is 492 g/mol. The first-order valence-electron chi connectivity index (χ1n) is 12.2. The SMILES string of the molecule is C=C(Nc1ccc(OCC)cc1)N(CCOC(=O)C(C)(C)C)Cc1cc2cc(C)cc(C)c2[nH]c1=O. The standard InChI is InChI=1S/C29H37N3O4/c1-8-35-25-11-9-24(10-12-25)30-21(4)32(13-14-36-28(34)29(5,6)7)18-23-17-22-16-19(2)15-20(3)26(22)31-27(23)33/h9-12,15-17,30H,4,8,13-14,18H2,1-3,5-7H3,(H,31,33). The first kappa shape index (κ1) is 26.9. The molecule has 0 aliphatic carbocycles. The van der Waals surface area contributed by atoms with E-state index in [1.165, 1.54) is 0 Å². The summed E-state index contributed by atoms with van der Waals surface area (Å²) in [6.07, 6.45) is 0. The van der Waals surface area contributed by atoms with Gasteiger partial charge >= 0.3 is 5.97 Å². The Bertz CT molecular complexity index is 1290. The number of aromatic nitrogens is 1. The largest absolute Gasteiger partial charge is 0.494 e. The fourth-order valence-electron chi connectivity index (χ4n) is 3.88. The molecule has 0 saturated heterocycles. The molecule has 0 spiro atoms. The minimum atomic E-state index is -0.590. The molecule has 1 aromatic heterocycles. The number of anilines is 1. The molecule has 0 atom stereocenters. The molecule has 2 aromatic carbocycles. The number of aryl methyl sites for hydroxylation is 2. The van der Waals surface area contributed by atoms with Gasteiger partial charge in [0.2, 0.25) is 0 Å². The maximum atomic E-state index is 13.0. The van der Waals surface area contributed by atoms with Gasteiger partial charge in [0.1, 0.15) is 12.4 Å². The molecule has 1 heterocycles. The second-order valence-electron chi connectivity index (χ2n) is 10.0. The van der Waals surface area contributed by atoms with Crippen molar-refractivity contribution in [3.63, 3.8) is 0 Å². The molecular formula is C29H37N3O4. The van der Waals surface area contributed by atoms with Gasteiger partial charge in [0, 0.05) is 17.8 Å². The van der Waals surface area contributed by atoms with Crippen LogP contribution in [0.1, 0.15) is 44.4 Å². The van der Waals surface area contributed by atoms with Gasteiger partial charge in [-0.1, -0.05) is 18.2 Å². The molecule has 3 rings (SSSR count). The van der Waals surface area contributed by atoms with E-state index in [0.717, 1.165) is 33.5 Å². The molecule has 7 nitrogen and oxygen atoms in total. The maximum absolute atomic E-state index is 13.0. The second kappa shape index (κ2) is 11.3. The van der Waals surface area contributed by atoms with Crippen molar-refractivity contribution in [2.24, 2.45) is 5.41 Å². The van der Waals surface area contributed by atoms with E-state index < -0.39 is 5.41 Å². The Balaban J connectivity index is 1.84. The fourth-order valence-corrected chi connectivity index (χ4v) is 3.88. The third-order valence-corrected chi connectivity index (χ3v) is 5.77. The van der Waals surface area contributed by atoms with Crippen molar-refractivity contribution in [2.45, 2.75) is 48.1 Å². The number of H-pyrrole nitrogens is 1. The molecule has 0 amide bonds. The van der Waals surface area contributed by atoms with Gasteiger partial charge < -0.3 is 24.7 Å². The molecule has 36 heavy (non-hydrogen) atoms. The molecule has 0 radical (unpaired) electrons. The van der Waals surface area contributed by atoms with Gasteiger partial charge in [-0.25, -0.2) is 0 Å². The van der Waals surface area contributed by atoms with E-state index in [9.17, 15) is 9.59 Å². The summed E-state index contributed by atoms with van der Waals surface area (Å²) in [4.78, 5) is 30.2. The minimum Gasteiger partial charge on any atom is -0.494 e. The highest BCUT2D eigenvalue weighted by Crippen LogP contribution is 2.21. The van der Waals surface area contributed by atoms with Crippen molar-refractivity contribution in [2.75, 3.05) is 25.1 Å². The number of nitrogens with zero attached hydrogens (tertiary/aromatic N) is 1. The zero-order chi connectivity index (χ0) is 26.5. The Hall–Kier alpha value is -3.74. The lowest BCUT2D eigenvalue weighted by atomic mass is 9.97. The van der Waals surface area contributed by atoms with E-state index in [2.05, 4.69) is 29.0 Å². The lowest BCUT2D eigenvalue weighted by molar-refractivity contribution is -0.153. The Morgan fingerprint density at radius 3 is 2.44 bits per heavy atom. The lowest BCUT2D eigenvalue weighted by Crippen LogP contribution is -2.33. The third-order valence-electron chi connectivity index (χ3n) is 5.77. The van der Waals surface area contributed by atoms with E-state index in [1.807, 2.05) is 76.8 Å². The van der Waals surface area contributed by atoms with Crippen molar-refractivity contribution >= 4 is 22.6 Å². The van der Waals surface area contributed by atoms with E-state index in [0.29, 0.717) is 31.1 Å². The van der Waals surface area contributed by atoms with Crippen LogP contribution >= 0.6 is 0 Å². The zero-order valence-electron chi connectivity index (χ0n) is 22.2. The Kier molecular flexibility index (Phi) is 8.45. The Morgan fingerprint density at radius 1 is 1.11 bits per heavy atom. The highest BCUT2D eigenvalue weighted by atomic mass is 16.5. The summed E-state index contributed by atoms with van der Waals surface area (Å²) in [5, 5.41) is 4.28. The van der Waals surface area contributed by atoms with Gasteiger partial charge in [-0.05, 0) is 88.9 Å². The fraction of sp³-hybridized carbons (Fsp3) is 0.379. The summed E-state index contributed by atoms with van der Waals surface area (Å²) in [5.41, 5.74) is 3.69. The van der Waals surface area contributed by atoms with Crippen LogP contribution in [0.4, 0.5) is 5.69 Å². The number of carbonyl (C=O) groups excluding carboxylic acids is 1. The first-order chi connectivity index (χ1) is 17.0. The number of carbonyl (C=O) groups is 1. The predicted molar refractivity (Wildman–Crippen MR) is 145 cm³/mol. The highest BCUT2D eigenvalue weighted by Gasteiger charge is 2.23. The maximum Gasteiger partial charge on any atom is 0.311 e. The average Bonchev–Trinajstić information content (AvgIpc) is 2.80. The molecule has 0 aliphatic rings. The molecule has 3 aromatic rings. The molecule has 0 unspecified atom stereocenters. The van der Waals surface area contributed by atoms with Crippen molar-refractivity contribution < 1.29 is 14.3 Å². The smallest absolute Gasteiger partial charge is 0.311 e. The van der Waals surface area contributed by atoms with Crippen LogP contribution in [0.2, 0.25) is 0 Å². The van der Waals surface area contributed by atoms with Gasteiger partial charge in [-0.3, -0.25) is 9.59 Å². The second-order valence-corrected chi connectivity index (χ2v) is 10.0. The number of ether oxygens (including phenoxy) is 2. The summed E-state index contributed by atoms with van der Waals surface area (Å²) in [6.45, 7) is 17.1. The van der Waals surface area contributed by atoms with E-state index >= 15 is 0 Å². The summed E-state index contributed by atoms with van der Waals surface area (Å²) < 4.78 is 11.0. The number of hydrogen-bond acceptors (Lipinski definition) is 6. The highest BCUT2D eigenvalue weighted by molar-refractivity contribution is 5.82. The van der Waals surface area contributed by atoms with Crippen molar-refractivity contribution in [1.29, 1.82) is 0 Å². The van der Waals surface area contributed by atoms with Crippen LogP contribution in [-0.4, -0.2) is 35.6 Å². The molecule has 7 heteroatoms. The molecule has 0 bridgehead atoms. The number of pyridine rings is 1. The monoisotopic (exact) mass is 491 g/mol. The third kappa shape index (κ3) is 6.90. The quantitative estimate of drug-likeness (QED) is 0.364. The van der Waals surface area contributed by atoms with Crippen molar-refractivity contribution in [1.82, 2.24) is 9.88 Å². The van der Waals surface area contributed by atoms with Crippen molar-refractivity contribution in [3.05, 3.63) is 81.9 Å². The Labute approximate surface area is 213 Å². The number of fused-ring (bicyclic) bond motifs is 1. The number of rotatable bonds is 10.